The van der Waals surface area contributed by atoms with E-state index in [0.29, 0.717) is 22.2 Å². The molecular formula is C23H17ClFN3O3. The maximum absolute atomic E-state index is 13.5. The number of carbonyl (C=O) groups excluding carboxylic acids is 1. The van der Waals surface area contributed by atoms with E-state index in [2.05, 4.69) is 10.4 Å². The van der Waals surface area contributed by atoms with Gasteiger partial charge in [0.2, 0.25) is 0 Å². The number of carboxylic acid groups (broad SMARTS) is 1. The molecule has 6 nitrogen and oxygen atoms in total. The monoisotopic (exact) mass is 437 g/mol. The van der Waals surface area contributed by atoms with E-state index in [9.17, 15) is 14.0 Å². The molecule has 3 aromatic carbocycles. The summed E-state index contributed by atoms with van der Waals surface area (Å²) in [5, 5.41) is 17.1. The van der Waals surface area contributed by atoms with Crippen LogP contribution in [-0.4, -0.2) is 26.8 Å². The summed E-state index contributed by atoms with van der Waals surface area (Å²) in [5.41, 5.74) is 2.68. The topological polar surface area (TPSA) is 84.2 Å². The number of fused-ring (bicyclic) bond motifs is 1. The number of halogens is 2. The van der Waals surface area contributed by atoms with Crippen LogP contribution in [0, 0.1) is 5.82 Å². The van der Waals surface area contributed by atoms with Crippen LogP contribution in [0.25, 0.3) is 10.9 Å². The maximum atomic E-state index is 13.5. The number of benzene rings is 3. The lowest BCUT2D eigenvalue weighted by atomic mass is 10.1. The lowest BCUT2D eigenvalue weighted by Gasteiger charge is -2.10. The fourth-order valence-corrected chi connectivity index (χ4v) is 3.48. The zero-order valence-electron chi connectivity index (χ0n) is 16.2. The Labute approximate surface area is 181 Å². The first-order chi connectivity index (χ1) is 14.9. The molecule has 0 atom stereocenters. The van der Waals surface area contributed by atoms with Crippen molar-refractivity contribution < 1.29 is 19.1 Å². The van der Waals surface area contributed by atoms with Crippen molar-refractivity contribution in [3.63, 3.8) is 0 Å². The fraction of sp³-hybridized carbons (Fsp3) is 0.0870. The molecule has 0 saturated heterocycles. The minimum Gasteiger partial charge on any atom is -0.478 e. The first-order valence-electron chi connectivity index (χ1n) is 9.42. The Bertz CT molecular complexity index is 1290. The molecule has 0 fully saturated rings. The standard InChI is InChI=1S/C23H17ClFN3O3/c24-18-11-15(7-10-19(18)25)13-28-21(17-3-1-2-4-20(17)27-28)22(29)26-12-14-5-8-16(9-6-14)23(30)31/h1-11H,12-13H2,(H,26,29)(H,30,31). The molecule has 0 aliphatic carbocycles. The predicted molar refractivity (Wildman–Crippen MR) is 115 cm³/mol. The molecule has 0 saturated carbocycles. The summed E-state index contributed by atoms with van der Waals surface area (Å²) in [6, 6.07) is 17.9. The first kappa shape index (κ1) is 20.6. The summed E-state index contributed by atoms with van der Waals surface area (Å²) < 4.78 is 15.1. The Balaban J connectivity index is 1.60. The Kier molecular flexibility index (Phi) is 5.68. The van der Waals surface area contributed by atoms with Crippen LogP contribution < -0.4 is 5.32 Å². The van der Waals surface area contributed by atoms with Crippen LogP contribution in [0.15, 0.2) is 66.7 Å². The van der Waals surface area contributed by atoms with E-state index in [4.69, 9.17) is 16.7 Å². The SMILES string of the molecule is O=C(O)c1ccc(CNC(=O)c2c3ccccc3nn2Cc2ccc(F)c(Cl)c2)cc1. The molecule has 0 spiro atoms. The summed E-state index contributed by atoms with van der Waals surface area (Å²) >= 11 is 5.89. The second-order valence-electron chi connectivity index (χ2n) is 6.96. The number of aromatic carboxylic acids is 1. The molecule has 2 N–H and O–H groups in total. The third kappa shape index (κ3) is 4.41. The maximum Gasteiger partial charge on any atom is 0.335 e. The van der Waals surface area contributed by atoms with E-state index in [-0.39, 0.29) is 29.6 Å². The Morgan fingerprint density at radius 1 is 1.03 bits per heavy atom. The van der Waals surface area contributed by atoms with Crippen molar-refractivity contribution in [2.75, 3.05) is 0 Å². The zero-order chi connectivity index (χ0) is 22.0. The molecule has 0 unspecified atom stereocenters. The summed E-state index contributed by atoms with van der Waals surface area (Å²) in [6.07, 6.45) is 0. The third-order valence-corrected chi connectivity index (χ3v) is 5.12. The van der Waals surface area contributed by atoms with E-state index in [1.54, 1.807) is 22.9 Å². The van der Waals surface area contributed by atoms with Gasteiger partial charge in [-0.25, -0.2) is 9.18 Å². The van der Waals surface area contributed by atoms with Gasteiger partial charge < -0.3 is 10.4 Å². The van der Waals surface area contributed by atoms with Crippen molar-refractivity contribution in [1.82, 2.24) is 15.1 Å². The van der Waals surface area contributed by atoms with Crippen LogP contribution in [0.5, 0.6) is 0 Å². The van der Waals surface area contributed by atoms with Crippen molar-refractivity contribution in [2.45, 2.75) is 13.1 Å². The predicted octanol–water partition coefficient (Wildman–Crippen LogP) is 4.51. The summed E-state index contributed by atoms with van der Waals surface area (Å²) in [6.45, 7) is 0.464. The number of nitrogens with zero attached hydrogens (tertiary/aromatic N) is 2. The largest absolute Gasteiger partial charge is 0.478 e. The molecule has 31 heavy (non-hydrogen) atoms. The number of hydrogen-bond donors (Lipinski definition) is 2. The van der Waals surface area contributed by atoms with E-state index in [1.807, 2.05) is 24.3 Å². The van der Waals surface area contributed by atoms with Gasteiger partial charge in [0.25, 0.3) is 5.91 Å². The van der Waals surface area contributed by atoms with Crippen molar-refractivity contribution in [2.24, 2.45) is 0 Å². The van der Waals surface area contributed by atoms with Crippen molar-refractivity contribution >= 4 is 34.4 Å². The lowest BCUT2D eigenvalue weighted by Crippen LogP contribution is -2.26. The molecule has 1 aromatic heterocycles. The fourth-order valence-electron chi connectivity index (χ4n) is 3.28. The van der Waals surface area contributed by atoms with Crippen LogP contribution in [0.2, 0.25) is 5.02 Å². The third-order valence-electron chi connectivity index (χ3n) is 4.83. The highest BCUT2D eigenvalue weighted by atomic mass is 35.5. The highest BCUT2D eigenvalue weighted by Crippen LogP contribution is 2.22. The molecule has 0 aliphatic rings. The van der Waals surface area contributed by atoms with Gasteiger partial charge in [-0.2, -0.15) is 5.10 Å². The zero-order valence-corrected chi connectivity index (χ0v) is 16.9. The minimum atomic E-state index is -1.01. The second kappa shape index (κ2) is 8.57. The molecule has 1 amide bonds. The molecular weight excluding hydrogens is 421 g/mol. The molecule has 156 valence electrons. The van der Waals surface area contributed by atoms with Gasteiger partial charge in [-0.1, -0.05) is 48.0 Å². The van der Waals surface area contributed by atoms with Crippen LogP contribution in [0.4, 0.5) is 4.39 Å². The number of amides is 1. The minimum absolute atomic E-state index is 0.00465. The van der Waals surface area contributed by atoms with E-state index >= 15 is 0 Å². The average molecular weight is 438 g/mol. The van der Waals surface area contributed by atoms with Gasteiger partial charge in [0.1, 0.15) is 11.5 Å². The van der Waals surface area contributed by atoms with E-state index in [0.717, 1.165) is 5.56 Å². The Morgan fingerprint density at radius 3 is 2.45 bits per heavy atom. The van der Waals surface area contributed by atoms with Gasteiger partial charge in [0.15, 0.2) is 0 Å². The molecule has 0 radical (unpaired) electrons. The molecule has 0 aliphatic heterocycles. The second-order valence-corrected chi connectivity index (χ2v) is 7.36. The smallest absolute Gasteiger partial charge is 0.335 e. The van der Waals surface area contributed by atoms with Crippen LogP contribution >= 0.6 is 11.6 Å². The average Bonchev–Trinajstić information content (AvgIpc) is 3.12. The highest BCUT2D eigenvalue weighted by molar-refractivity contribution is 6.30. The van der Waals surface area contributed by atoms with Crippen molar-refractivity contribution in [3.8, 4) is 0 Å². The summed E-state index contributed by atoms with van der Waals surface area (Å²) in [4.78, 5) is 24.0. The van der Waals surface area contributed by atoms with Crippen LogP contribution in [-0.2, 0) is 13.1 Å². The van der Waals surface area contributed by atoms with Gasteiger partial charge in [-0.3, -0.25) is 9.48 Å². The summed E-state index contributed by atoms with van der Waals surface area (Å²) in [5.74, 6) is -1.85. The number of carboxylic acids is 1. The number of carbonyl (C=O) groups is 2. The Morgan fingerprint density at radius 2 is 1.74 bits per heavy atom. The summed E-state index contributed by atoms with van der Waals surface area (Å²) in [7, 11) is 0. The molecule has 4 rings (SSSR count). The highest BCUT2D eigenvalue weighted by Gasteiger charge is 2.19. The first-order valence-corrected chi connectivity index (χ1v) is 9.80. The lowest BCUT2D eigenvalue weighted by molar-refractivity contribution is 0.0696. The quantitative estimate of drug-likeness (QED) is 0.465. The molecule has 0 bridgehead atoms. The van der Waals surface area contributed by atoms with Crippen molar-refractivity contribution in [3.05, 3.63) is 100.0 Å². The van der Waals surface area contributed by atoms with E-state index < -0.39 is 11.8 Å². The number of aromatic nitrogens is 2. The number of nitrogens with one attached hydrogen (secondary N) is 1. The molecule has 1 heterocycles. The number of rotatable bonds is 6. The van der Waals surface area contributed by atoms with Gasteiger partial charge in [-0.05, 0) is 41.5 Å². The molecule has 4 aromatic rings. The van der Waals surface area contributed by atoms with Gasteiger partial charge >= 0.3 is 5.97 Å². The normalized spacial score (nSPS) is 10.9. The van der Waals surface area contributed by atoms with E-state index in [1.165, 1.54) is 24.3 Å². The van der Waals surface area contributed by atoms with Gasteiger partial charge in [-0.15, -0.1) is 0 Å². The van der Waals surface area contributed by atoms with Crippen LogP contribution in [0.1, 0.15) is 32.0 Å². The van der Waals surface area contributed by atoms with Gasteiger partial charge in [0.05, 0.1) is 22.6 Å². The van der Waals surface area contributed by atoms with Crippen LogP contribution in [0.3, 0.4) is 0 Å². The Hall–Kier alpha value is -3.71. The number of hydrogen-bond acceptors (Lipinski definition) is 3. The molecule has 8 heteroatoms. The van der Waals surface area contributed by atoms with Crippen molar-refractivity contribution in [1.29, 1.82) is 0 Å². The van der Waals surface area contributed by atoms with Gasteiger partial charge in [0, 0.05) is 11.9 Å².